The first-order valence-electron chi connectivity index (χ1n) is 6.19. The number of aromatic nitrogens is 2. The molecule has 1 fully saturated rings. The van der Waals surface area contributed by atoms with Gasteiger partial charge in [0.05, 0.1) is 13.2 Å². The van der Waals surface area contributed by atoms with Crippen molar-refractivity contribution in [1.29, 1.82) is 0 Å². The highest BCUT2D eigenvalue weighted by atomic mass is 16.6. The lowest BCUT2D eigenvalue weighted by atomic mass is 9.98. The third kappa shape index (κ3) is 2.64. The lowest BCUT2D eigenvalue weighted by Crippen LogP contribution is -2.58. The average molecular weight is 303 g/mol. The van der Waals surface area contributed by atoms with E-state index in [0.29, 0.717) is 0 Å². The quantitative estimate of drug-likeness (QED) is 0.328. The van der Waals surface area contributed by atoms with Gasteiger partial charge in [-0.15, -0.1) is 0 Å². The summed E-state index contributed by atoms with van der Waals surface area (Å²) in [5.74, 6) is -0.193. The van der Waals surface area contributed by atoms with Crippen LogP contribution in [0.25, 0.3) is 0 Å². The number of rotatable bonds is 3. The molecular weight excluding hydrogens is 286 g/mol. The van der Waals surface area contributed by atoms with Crippen molar-refractivity contribution in [3.8, 4) is 0 Å². The van der Waals surface area contributed by atoms with E-state index in [2.05, 4.69) is 4.98 Å². The monoisotopic (exact) mass is 303 g/mol. The Morgan fingerprint density at radius 3 is 2.48 bits per heavy atom. The van der Waals surface area contributed by atoms with Gasteiger partial charge in [0.1, 0.15) is 30.2 Å². The molecule has 0 radical (unpaired) electrons. The normalized spacial score (nSPS) is 33.1. The van der Waals surface area contributed by atoms with E-state index in [0.717, 1.165) is 10.8 Å². The Kier molecular flexibility index (Phi) is 4.56. The van der Waals surface area contributed by atoms with Crippen LogP contribution in [-0.2, 0) is 11.3 Å². The molecule has 1 aliphatic rings. The molecule has 0 spiro atoms. The van der Waals surface area contributed by atoms with Crippen LogP contribution in [0.15, 0.2) is 11.0 Å². The van der Waals surface area contributed by atoms with Gasteiger partial charge in [-0.3, -0.25) is 0 Å². The second kappa shape index (κ2) is 6.05. The third-order valence-corrected chi connectivity index (χ3v) is 3.42. The van der Waals surface area contributed by atoms with Crippen LogP contribution in [0.3, 0.4) is 0 Å². The van der Waals surface area contributed by atoms with Crippen molar-refractivity contribution in [1.82, 2.24) is 9.55 Å². The van der Waals surface area contributed by atoms with E-state index in [-0.39, 0.29) is 11.4 Å². The van der Waals surface area contributed by atoms with E-state index >= 15 is 0 Å². The summed E-state index contributed by atoms with van der Waals surface area (Å²) in [6.45, 7) is -1.13. The predicted molar refractivity (Wildman–Crippen MR) is 67.8 cm³/mol. The molecule has 0 bridgehead atoms. The fraction of sp³-hybridized carbons (Fsp3) is 0.636. The Bertz CT molecular complexity index is 561. The molecule has 2 rings (SSSR count). The maximum absolute atomic E-state index is 11.8. The average Bonchev–Trinajstić information content (AvgIpc) is 2.47. The van der Waals surface area contributed by atoms with Crippen LogP contribution in [0.1, 0.15) is 11.8 Å². The molecule has 0 aromatic carbocycles. The van der Waals surface area contributed by atoms with Gasteiger partial charge in [-0.05, 0) is 0 Å². The second-order valence-electron chi connectivity index (χ2n) is 4.70. The highest BCUT2D eigenvalue weighted by Gasteiger charge is 2.45. The molecule has 7 N–H and O–H groups in total. The van der Waals surface area contributed by atoms with Crippen molar-refractivity contribution in [2.24, 2.45) is 0 Å². The lowest BCUT2D eigenvalue weighted by molar-refractivity contribution is -0.251. The summed E-state index contributed by atoms with van der Waals surface area (Å²) < 4.78 is 5.99. The van der Waals surface area contributed by atoms with Crippen molar-refractivity contribution in [3.05, 3.63) is 22.2 Å². The molecule has 1 aliphatic heterocycles. The van der Waals surface area contributed by atoms with Gasteiger partial charge in [-0.2, -0.15) is 0 Å². The first-order valence-corrected chi connectivity index (χ1v) is 6.19. The van der Waals surface area contributed by atoms with Crippen LogP contribution >= 0.6 is 0 Å². The third-order valence-electron chi connectivity index (χ3n) is 3.42. The molecule has 21 heavy (non-hydrogen) atoms. The maximum Gasteiger partial charge on any atom is 0.351 e. The van der Waals surface area contributed by atoms with Crippen molar-refractivity contribution >= 4 is 5.82 Å². The molecule has 0 saturated carbocycles. The number of anilines is 1. The Hall–Kier alpha value is -1.56. The zero-order valence-electron chi connectivity index (χ0n) is 10.9. The fourth-order valence-electron chi connectivity index (χ4n) is 2.18. The zero-order chi connectivity index (χ0) is 15.7. The molecule has 0 aliphatic carbocycles. The molecule has 5 atom stereocenters. The van der Waals surface area contributed by atoms with Gasteiger partial charge in [-0.25, -0.2) is 14.3 Å². The van der Waals surface area contributed by atoms with Gasteiger partial charge in [-0.1, -0.05) is 0 Å². The number of nitrogens with zero attached hydrogens (tertiary/aromatic N) is 2. The summed E-state index contributed by atoms with van der Waals surface area (Å²) in [7, 11) is 0. The highest BCUT2D eigenvalue weighted by Crippen LogP contribution is 2.29. The first kappa shape index (κ1) is 15.8. The molecule has 0 unspecified atom stereocenters. The number of nitrogen functional groups attached to an aromatic ring is 1. The SMILES string of the molecule is Nc1c(CO)cnc(=O)n1[C@@H]1O[C@H](CO)[C@@H](O)[C@H](O)[C@H]1O. The van der Waals surface area contributed by atoms with Crippen LogP contribution in [0.5, 0.6) is 0 Å². The molecule has 1 aromatic rings. The minimum absolute atomic E-state index is 0.131. The van der Waals surface area contributed by atoms with E-state index in [1.54, 1.807) is 0 Å². The van der Waals surface area contributed by atoms with Crippen LogP contribution < -0.4 is 11.4 Å². The van der Waals surface area contributed by atoms with E-state index in [1.165, 1.54) is 0 Å². The summed E-state index contributed by atoms with van der Waals surface area (Å²) in [5.41, 5.74) is 4.98. The number of nitrogens with two attached hydrogens (primary N) is 1. The van der Waals surface area contributed by atoms with Crippen molar-refractivity contribution < 1.29 is 30.3 Å². The summed E-state index contributed by atoms with van der Waals surface area (Å²) in [6.07, 6.45) is -6.42. The number of aliphatic hydroxyl groups excluding tert-OH is 5. The minimum Gasteiger partial charge on any atom is -0.394 e. The van der Waals surface area contributed by atoms with E-state index in [4.69, 9.17) is 20.7 Å². The molecular formula is C11H17N3O7. The number of aliphatic hydroxyl groups is 5. The number of hydrogen-bond acceptors (Lipinski definition) is 9. The first-order chi connectivity index (χ1) is 9.92. The summed E-state index contributed by atoms with van der Waals surface area (Å²) in [4.78, 5) is 15.3. The van der Waals surface area contributed by atoms with Crippen LogP contribution in [0.4, 0.5) is 5.82 Å². The van der Waals surface area contributed by atoms with Crippen molar-refractivity contribution in [2.45, 2.75) is 37.3 Å². The summed E-state index contributed by atoms with van der Waals surface area (Å²) in [5, 5.41) is 47.6. The molecule has 0 amide bonds. The van der Waals surface area contributed by atoms with Crippen molar-refractivity contribution in [2.75, 3.05) is 12.3 Å². The van der Waals surface area contributed by atoms with Gasteiger partial charge in [0.25, 0.3) is 0 Å². The van der Waals surface area contributed by atoms with Gasteiger partial charge in [0.2, 0.25) is 0 Å². The Morgan fingerprint density at radius 1 is 1.24 bits per heavy atom. The Balaban J connectivity index is 2.48. The molecule has 1 saturated heterocycles. The van der Waals surface area contributed by atoms with Crippen LogP contribution in [-0.4, -0.2) is 66.1 Å². The van der Waals surface area contributed by atoms with Crippen molar-refractivity contribution in [3.63, 3.8) is 0 Å². The van der Waals surface area contributed by atoms with Crippen LogP contribution in [0, 0.1) is 0 Å². The fourth-order valence-corrected chi connectivity index (χ4v) is 2.18. The maximum atomic E-state index is 11.8. The predicted octanol–water partition coefficient (Wildman–Crippen LogP) is -3.71. The van der Waals surface area contributed by atoms with Gasteiger partial charge >= 0.3 is 5.69 Å². The number of ether oxygens (including phenoxy) is 1. The smallest absolute Gasteiger partial charge is 0.351 e. The van der Waals surface area contributed by atoms with Crippen LogP contribution in [0.2, 0.25) is 0 Å². The number of hydrogen-bond donors (Lipinski definition) is 6. The molecule has 10 heteroatoms. The van der Waals surface area contributed by atoms with Gasteiger partial charge in [0.15, 0.2) is 6.23 Å². The second-order valence-corrected chi connectivity index (χ2v) is 4.70. The molecule has 10 nitrogen and oxygen atoms in total. The standard InChI is InChI=1S/C11H17N3O7/c12-9-4(2-15)1-13-11(20)14(9)10-8(19)7(18)6(17)5(3-16)21-10/h1,5-8,10,15-19H,2-3,12H2/t5-,6-,7+,8-,10-/m1/s1. The van der Waals surface area contributed by atoms with Gasteiger partial charge < -0.3 is 36.0 Å². The minimum atomic E-state index is -1.67. The van der Waals surface area contributed by atoms with E-state index in [1.807, 2.05) is 0 Å². The highest BCUT2D eigenvalue weighted by molar-refractivity contribution is 5.38. The van der Waals surface area contributed by atoms with Gasteiger partial charge in [0, 0.05) is 11.8 Å². The van der Waals surface area contributed by atoms with E-state index in [9.17, 15) is 20.1 Å². The lowest BCUT2D eigenvalue weighted by Gasteiger charge is -2.40. The summed E-state index contributed by atoms with van der Waals surface area (Å²) in [6, 6.07) is 0. The Labute approximate surface area is 118 Å². The van der Waals surface area contributed by atoms with E-state index < -0.39 is 49.5 Å². The zero-order valence-corrected chi connectivity index (χ0v) is 10.9. The largest absolute Gasteiger partial charge is 0.394 e. The molecule has 118 valence electrons. The topological polar surface area (TPSA) is 171 Å². The Morgan fingerprint density at radius 2 is 1.90 bits per heavy atom. The summed E-state index contributed by atoms with van der Waals surface area (Å²) >= 11 is 0. The molecule has 2 heterocycles. The molecule has 1 aromatic heterocycles.